The standard InChI is InChI=1S/C13H13F3O2S/c14-13(15,16)19-6-5-12(11(17)18)7-9-3-1-2-4-10(9)8-12/h1-4H,5-8H2,(H,17,18). The molecule has 19 heavy (non-hydrogen) atoms. The van der Waals surface area contributed by atoms with Crippen molar-refractivity contribution in [2.75, 3.05) is 5.75 Å². The fourth-order valence-electron chi connectivity index (χ4n) is 2.49. The van der Waals surface area contributed by atoms with Crippen molar-refractivity contribution in [2.45, 2.75) is 24.8 Å². The van der Waals surface area contributed by atoms with Crippen LogP contribution >= 0.6 is 11.8 Å². The van der Waals surface area contributed by atoms with E-state index in [2.05, 4.69) is 0 Å². The van der Waals surface area contributed by atoms with Crippen LogP contribution in [-0.2, 0) is 17.6 Å². The van der Waals surface area contributed by atoms with Crippen LogP contribution in [0.15, 0.2) is 24.3 Å². The number of hydrogen-bond acceptors (Lipinski definition) is 2. The largest absolute Gasteiger partial charge is 0.481 e. The van der Waals surface area contributed by atoms with Crippen LogP contribution in [0.2, 0.25) is 0 Å². The Hall–Kier alpha value is -1.17. The second-order valence-electron chi connectivity index (χ2n) is 4.75. The molecule has 0 aromatic heterocycles. The van der Waals surface area contributed by atoms with E-state index in [-0.39, 0.29) is 23.9 Å². The van der Waals surface area contributed by atoms with Gasteiger partial charge in [0, 0.05) is 5.75 Å². The van der Waals surface area contributed by atoms with Crippen LogP contribution in [0.1, 0.15) is 17.5 Å². The van der Waals surface area contributed by atoms with Crippen LogP contribution in [0.4, 0.5) is 13.2 Å². The highest BCUT2D eigenvalue weighted by atomic mass is 32.2. The summed E-state index contributed by atoms with van der Waals surface area (Å²) in [6.07, 6.45) is 0.662. The van der Waals surface area contributed by atoms with Crippen molar-refractivity contribution < 1.29 is 23.1 Å². The van der Waals surface area contributed by atoms with E-state index in [4.69, 9.17) is 0 Å². The molecule has 0 heterocycles. The van der Waals surface area contributed by atoms with Gasteiger partial charge in [0.2, 0.25) is 0 Å². The highest BCUT2D eigenvalue weighted by Gasteiger charge is 2.44. The summed E-state index contributed by atoms with van der Waals surface area (Å²) in [7, 11) is 0. The van der Waals surface area contributed by atoms with Crippen molar-refractivity contribution in [1.29, 1.82) is 0 Å². The molecular weight excluding hydrogens is 277 g/mol. The first-order chi connectivity index (χ1) is 8.82. The van der Waals surface area contributed by atoms with Crippen LogP contribution < -0.4 is 0 Å². The van der Waals surface area contributed by atoms with E-state index in [9.17, 15) is 23.1 Å². The number of carbonyl (C=O) groups is 1. The summed E-state index contributed by atoms with van der Waals surface area (Å²) >= 11 is -0.148. The van der Waals surface area contributed by atoms with Crippen LogP contribution in [0.25, 0.3) is 0 Å². The molecule has 104 valence electrons. The molecule has 0 amide bonds. The number of hydrogen-bond donors (Lipinski definition) is 1. The molecule has 2 rings (SSSR count). The number of alkyl halides is 3. The summed E-state index contributed by atoms with van der Waals surface area (Å²) in [5.74, 6) is -1.23. The average molecular weight is 290 g/mol. The predicted molar refractivity (Wildman–Crippen MR) is 67.0 cm³/mol. The maximum absolute atomic E-state index is 12.1. The Balaban J connectivity index is 2.08. The maximum Gasteiger partial charge on any atom is 0.441 e. The van der Waals surface area contributed by atoms with Gasteiger partial charge in [-0.2, -0.15) is 13.2 Å². The molecule has 1 aliphatic carbocycles. The summed E-state index contributed by atoms with van der Waals surface area (Å²) in [6.45, 7) is 0. The van der Waals surface area contributed by atoms with E-state index >= 15 is 0 Å². The van der Waals surface area contributed by atoms with Gasteiger partial charge >= 0.3 is 11.5 Å². The normalized spacial score (nSPS) is 17.2. The summed E-state index contributed by atoms with van der Waals surface area (Å²) < 4.78 is 36.4. The lowest BCUT2D eigenvalue weighted by Gasteiger charge is -2.23. The molecule has 0 atom stereocenters. The summed E-state index contributed by atoms with van der Waals surface area (Å²) in [4.78, 5) is 11.5. The summed E-state index contributed by atoms with van der Waals surface area (Å²) in [5, 5.41) is 9.37. The minimum absolute atomic E-state index is 0.0290. The van der Waals surface area contributed by atoms with Crippen molar-refractivity contribution >= 4 is 17.7 Å². The van der Waals surface area contributed by atoms with E-state index in [1.54, 1.807) is 0 Å². The number of thioether (sulfide) groups is 1. The van der Waals surface area contributed by atoms with Crippen molar-refractivity contribution in [3.05, 3.63) is 35.4 Å². The van der Waals surface area contributed by atoms with Crippen LogP contribution in [0, 0.1) is 5.41 Å². The minimum atomic E-state index is -4.30. The van der Waals surface area contributed by atoms with Gasteiger partial charge in [-0.3, -0.25) is 4.79 Å². The van der Waals surface area contributed by atoms with Gasteiger partial charge in [0.25, 0.3) is 0 Å². The van der Waals surface area contributed by atoms with E-state index in [0.717, 1.165) is 11.1 Å². The fraction of sp³-hybridized carbons (Fsp3) is 0.462. The molecule has 0 spiro atoms. The minimum Gasteiger partial charge on any atom is -0.481 e. The van der Waals surface area contributed by atoms with Gasteiger partial charge in [-0.25, -0.2) is 0 Å². The van der Waals surface area contributed by atoms with Crippen molar-refractivity contribution in [1.82, 2.24) is 0 Å². The molecule has 0 saturated carbocycles. The Morgan fingerprint density at radius 3 is 2.21 bits per heavy atom. The average Bonchev–Trinajstić information content (AvgIpc) is 2.66. The Kier molecular flexibility index (Phi) is 3.80. The van der Waals surface area contributed by atoms with Gasteiger partial charge in [-0.05, 0) is 30.4 Å². The quantitative estimate of drug-likeness (QED) is 0.922. The molecule has 0 saturated heterocycles. The smallest absolute Gasteiger partial charge is 0.441 e. The van der Waals surface area contributed by atoms with Crippen LogP contribution in [0.3, 0.4) is 0 Å². The number of aliphatic carboxylic acids is 1. The van der Waals surface area contributed by atoms with Crippen LogP contribution in [0.5, 0.6) is 0 Å². The lowest BCUT2D eigenvalue weighted by atomic mass is 9.82. The Morgan fingerprint density at radius 2 is 1.79 bits per heavy atom. The molecule has 2 nitrogen and oxygen atoms in total. The third kappa shape index (κ3) is 3.23. The maximum atomic E-state index is 12.1. The zero-order valence-electron chi connectivity index (χ0n) is 10.0. The predicted octanol–water partition coefficient (Wildman–Crippen LogP) is 3.50. The number of benzene rings is 1. The zero-order valence-corrected chi connectivity index (χ0v) is 10.9. The third-order valence-electron chi connectivity index (χ3n) is 3.48. The van der Waals surface area contributed by atoms with Gasteiger partial charge in [-0.15, -0.1) is 0 Å². The molecule has 6 heteroatoms. The molecule has 0 aliphatic heterocycles. The molecule has 0 radical (unpaired) electrons. The van der Waals surface area contributed by atoms with Gasteiger partial charge < -0.3 is 5.11 Å². The molecule has 1 aliphatic rings. The molecule has 1 aromatic rings. The first-order valence-corrected chi connectivity index (χ1v) is 6.82. The van der Waals surface area contributed by atoms with E-state index < -0.39 is 16.9 Å². The highest BCUT2D eigenvalue weighted by Crippen LogP contribution is 2.42. The Morgan fingerprint density at radius 1 is 1.26 bits per heavy atom. The van der Waals surface area contributed by atoms with Crippen LogP contribution in [-0.4, -0.2) is 22.3 Å². The molecular formula is C13H13F3O2S. The molecule has 1 aromatic carbocycles. The first kappa shape index (κ1) is 14.2. The van der Waals surface area contributed by atoms with Gasteiger partial charge in [0.15, 0.2) is 0 Å². The number of rotatable bonds is 4. The topological polar surface area (TPSA) is 37.3 Å². The Labute approximate surface area is 113 Å². The number of fused-ring (bicyclic) bond motifs is 1. The zero-order chi connectivity index (χ0) is 14.1. The Bertz CT molecular complexity index is 460. The molecule has 0 unspecified atom stereocenters. The second kappa shape index (κ2) is 5.07. The number of carboxylic acid groups (broad SMARTS) is 1. The summed E-state index contributed by atoms with van der Waals surface area (Å²) in [6, 6.07) is 7.33. The van der Waals surface area contributed by atoms with Crippen molar-refractivity contribution in [3.63, 3.8) is 0 Å². The molecule has 0 fully saturated rings. The lowest BCUT2D eigenvalue weighted by Crippen LogP contribution is -2.32. The molecule has 0 bridgehead atoms. The third-order valence-corrected chi connectivity index (χ3v) is 4.21. The SMILES string of the molecule is O=C(O)C1(CCSC(F)(F)F)Cc2ccccc2C1. The number of carboxylic acids is 1. The van der Waals surface area contributed by atoms with E-state index in [1.165, 1.54) is 0 Å². The van der Waals surface area contributed by atoms with Crippen molar-refractivity contribution in [2.24, 2.45) is 5.41 Å². The van der Waals surface area contributed by atoms with E-state index in [0.29, 0.717) is 12.8 Å². The monoisotopic (exact) mass is 290 g/mol. The van der Waals surface area contributed by atoms with E-state index in [1.807, 2.05) is 24.3 Å². The lowest BCUT2D eigenvalue weighted by molar-refractivity contribution is -0.148. The number of halogens is 3. The highest BCUT2D eigenvalue weighted by molar-refractivity contribution is 8.00. The first-order valence-electron chi connectivity index (χ1n) is 5.83. The molecule has 1 N–H and O–H groups in total. The van der Waals surface area contributed by atoms with Gasteiger partial charge in [0.1, 0.15) is 0 Å². The van der Waals surface area contributed by atoms with Gasteiger partial charge in [-0.1, -0.05) is 36.0 Å². The fourth-order valence-corrected chi connectivity index (χ4v) is 3.22. The summed E-state index contributed by atoms with van der Waals surface area (Å²) in [5.41, 5.74) is -3.52. The second-order valence-corrected chi connectivity index (χ2v) is 5.91. The van der Waals surface area contributed by atoms with Gasteiger partial charge in [0.05, 0.1) is 5.41 Å². The van der Waals surface area contributed by atoms with Crippen molar-refractivity contribution in [3.8, 4) is 0 Å².